The van der Waals surface area contributed by atoms with Gasteiger partial charge in [0.15, 0.2) is 0 Å². The van der Waals surface area contributed by atoms with Crippen LogP contribution in [0.25, 0.3) is 0 Å². The predicted octanol–water partition coefficient (Wildman–Crippen LogP) is 3.31. The second-order valence-electron chi connectivity index (χ2n) is 5.00. The van der Waals surface area contributed by atoms with Gasteiger partial charge < -0.3 is 15.2 Å². The fourth-order valence-corrected chi connectivity index (χ4v) is 2.19. The van der Waals surface area contributed by atoms with E-state index >= 15 is 0 Å². The van der Waals surface area contributed by atoms with Gasteiger partial charge in [0.05, 0.1) is 14.2 Å². The summed E-state index contributed by atoms with van der Waals surface area (Å²) in [7, 11) is 3.38. The maximum atomic E-state index is 6.25. The minimum absolute atomic E-state index is 0.0141. The smallest absolute Gasteiger partial charge is 0.124 e. The molecule has 18 heavy (non-hydrogen) atoms. The van der Waals surface area contributed by atoms with Crippen molar-refractivity contribution in [1.82, 2.24) is 0 Å². The predicted molar refractivity (Wildman–Crippen MR) is 75.3 cm³/mol. The van der Waals surface area contributed by atoms with Crippen LogP contribution in [0.5, 0.6) is 11.5 Å². The summed E-state index contributed by atoms with van der Waals surface area (Å²) in [6, 6.07) is 4.04. The minimum Gasteiger partial charge on any atom is -0.496 e. The highest BCUT2D eigenvalue weighted by Gasteiger charge is 2.16. The van der Waals surface area contributed by atoms with Gasteiger partial charge in [0.1, 0.15) is 11.5 Å². The number of methoxy groups -OCH3 is 2. The first-order valence-corrected chi connectivity index (χ1v) is 6.53. The first-order chi connectivity index (χ1) is 8.53. The lowest BCUT2D eigenvalue weighted by molar-refractivity contribution is 0.387. The molecule has 0 aliphatic heterocycles. The van der Waals surface area contributed by atoms with Crippen LogP contribution >= 0.6 is 0 Å². The molecule has 3 heteroatoms. The Labute approximate surface area is 110 Å². The van der Waals surface area contributed by atoms with Crippen molar-refractivity contribution in [3.63, 3.8) is 0 Å². The summed E-state index contributed by atoms with van der Waals surface area (Å²) >= 11 is 0. The van der Waals surface area contributed by atoms with E-state index in [0.717, 1.165) is 35.5 Å². The second kappa shape index (κ2) is 6.64. The summed E-state index contributed by atoms with van der Waals surface area (Å²) in [6.45, 7) is 6.44. The number of benzene rings is 1. The first kappa shape index (κ1) is 14.8. The van der Waals surface area contributed by atoms with Crippen molar-refractivity contribution in [3.05, 3.63) is 23.3 Å². The van der Waals surface area contributed by atoms with Gasteiger partial charge in [0, 0.05) is 11.6 Å². The normalized spacial score (nSPS) is 12.6. The molecule has 102 valence electrons. The van der Waals surface area contributed by atoms with Gasteiger partial charge in [-0.15, -0.1) is 0 Å². The lowest BCUT2D eigenvalue weighted by atomic mass is 9.95. The number of rotatable bonds is 6. The molecule has 0 saturated heterocycles. The van der Waals surface area contributed by atoms with Gasteiger partial charge in [-0.25, -0.2) is 0 Å². The number of nitrogens with two attached hydrogens (primary N) is 1. The fourth-order valence-electron chi connectivity index (χ4n) is 2.19. The molecule has 0 spiro atoms. The third-order valence-electron chi connectivity index (χ3n) is 3.14. The Morgan fingerprint density at radius 1 is 1.11 bits per heavy atom. The van der Waals surface area contributed by atoms with E-state index in [1.807, 2.05) is 12.1 Å². The molecule has 0 aliphatic carbocycles. The maximum Gasteiger partial charge on any atom is 0.124 e. The molecule has 0 amide bonds. The average Bonchev–Trinajstić information content (AvgIpc) is 2.36. The Morgan fingerprint density at radius 3 is 2.17 bits per heavy atom. The molecule has 0 heterocycles. The third kappa shape index (κ3) is 3.39. The van der Waals surface area contributed by atoms with Crippen LogP contribution in [0, 0.1) is 5.92 Å². The van der Waals surface area contributed by atoms with Crippen LogP contribution in [0.15, 0.2) is 12.1 Å². The van der Waals surface area contributed by atoms with Crippen LogP contribution in [0.4, 0.5) is 0 Å². The first-order valence-electron chi connectivity index (χ1n) is 6.53. The van der Waals surface area contributed by atoms with Crippen molar-refractivity contribution in [2.45, 2.75) is 39.7 Å². The lowest BCUT2D eigenvalue weighted by Gasteiger charge is -2.20. The summed E-state index contributed by atoms with van der Waals surface area (Å²) in [6.07, 6.45) is 1.85. The second-order valence-corrected chi connectivity index (χ2v) is 5.00. The zero-order valence-corrected chi connectivity index (χ0v) is 12.1. The molecule has 0 saturated carbocycles. The van der Waals surface area contributed by atoms with E-state index in [2.05, 4.69) is 20.8 Å². The number of ether oxygens (including phenoxy) is 2. The molecule has 1 unspecified atom stereocenters. The van der Waals surface area contributed by atoms with Gasteiger partial charge >= 0.3 is 0 Å². The molecule has 0 fully saturated rings. The van der Waals surface area contributed by atoms with Crippen molar-refractivity contribution in [2.24, 2.45) is 11.7 Å². The zero-order valence-electron chi connectivity index (χ0n) is 12.1. The Hall–Kier alpha value is -1.22. The van der Waals surface area contributed by atoms with Gasteiger partial charge in [0.25, 0.3) is 0 Å². The highest BCUT2D eigenvalue weighted by Crippen LogP contribution is 2.34. The lowest BCUT2D eigenvalue weighted by Crippen LogP contribution is -2.14. The van der Waals surface area contributed by atoms with E-state index in [4.69, 9.17) is 15.2 Å². The van der Waals surface area contributed by atoms with Crippen molar-refractivity contribution in [1.29, 1.82) is 0 Å². The molecular weight excluding hydrogens is 226 g/mol. The van der Waals surface area contributed by atoms with E-state index in [9.17, 15) is 0 Å². The van der Waals surface area contributed by atoms with Crippen molar-refractivity contribution in [3.8, 4) is 11.5 Å². The van der Waals surface area contributed by atoms with Crippen LogP contribution in [0.3, 0.4) is 0 Å². The van der Waals surface area contributed by atoms with Gasteiger partial charge in [-0.1, -0.05) is 20.8 Å². The monoisotopic (exact) mass is 251 g/mol. The Morgan fingerprint density at radius 2 is 1.72 bits per heavy atom. The average molecular weight is 251 g/mol. The van der Waals surface area contributed by atoms with E-state index in [0.29, 0.717) is 5.92 Å². The standard InChI is InChI=1S/C15H25NO2/c1-6-11-8-15(18-5)12(9-14(11)17-4)13(16)7-10(2)3/h8-10,13H,6-7,16H2,1-5H3. The summed E-state index contributed by atoms with van der Waals surface area (Å²) in [4.78, 5) is 0. The van der Waals surface area contributed by atoms with Crippen LogP contribution in [-0.2, 0) is 6.42 Å². The fraction of sp³-hybridized carbons (Fsp3) is 0.600. The van der Waals surface area contributed by atoms with Gasteiger partial charge in [-0.3, -0.25) is 0 Å². The molecule has 0 radical (unpaired) electrons. The molecule has 0 aromatic heterocycles. The molecule has 2 N–H and O–H groups in total. The quantitative estimate of drug-likeness (QED) is 0.843. The topological polar surface area (TPSA) is 44.5 Å². The summed E-state index contributed by atoms with van der Waals surface area (Å²) < 4.78 is 10.9. The molecule has 1 rings (SSSR count). The Bertz CT molecular complexity index is 388. The summed E-state index contributed by atoms with van der Waals surface area (Å²) in [5.74, 6) is 2.31. The van der Waals surface area contributed by atoms with E-state index in [-0.39, 0.29) is 6.04 Å². The van der Waals surface area contributed by atoms with E-state index < -0.39 is 0 Å². The SMILES string of the molecule is CCc1cc(OC)c(C(N)CC(C)C)cc1OC. The molecule has 1 aromatic carbocycles. The molecule has 3 nitrogen and oxygen atoms in total. The van der Waals surface area contributed by atoms with E-state index in [1.54, 1.807) is 14.2 Å². The van der Waals surface area contributed by atoms with Gasteiger partial charge in [0.2, 0.25) is 0 Å². The van der Waals surface area contributed by atoms with Crippen LogP contribution in [0.2, 0.25) is 0 Å². The third-order valence-corrected chi connectivity index (χ3v) is 3.14. The number of hydrogen-bond acceptors (Lipinski definition) is 3. The zero-order chi connectivity index (χ0) is 13.7. The Kier molecular flexibility index (Phi) is 5.48. The number of aryl methyl sites for hydroxylation is 1. The van der Waals surface area contributed by atoms with Gasteiger partial charge in [-0.05, 0) is 36.5 Å². The highest BCUT2D eigenvalue weighted by molar-refractivity contribution is 5.48. The Balaban J connectivity index is 3.16. The molecular formula is C15H25NO2. The van der Waals surface area contributed by atoms with Crippen LogP contribution < -0.4 is 15.2 Å². The maximum absolute atomic E-state index is 6.25. The van der Waals surface area contributed by atoms with Gasteiger partial charge in [-0.2, -0.15) is 0 Å². The van der Waals surface area contributed by atoms with Crippen LogP contribution in [0.1, 0.15) is 44.4 Å². The van der Waals surface area contributed by atoms with Crippen molar-refractivity contribution >= 4 is 0 Å². The molecule has 0 bridgehead atoms. The van der Waals surface area contributed by atoms with Crippen LogP contribution in [-0.4, -0.2) is 14.2 Å². The molecule has 1 atom stereocenters. The van der Waals surface area contributed by atoms with Crippen molar-refractivity contribution < 1.29 is 9.47 Å². The molecule has 1 aromatic rings. The van der Waals surface area contributed by atoms with E-state index in [1.165, 1.54) is 0 Å². The molecule has 0 aliphatic rings. The largest absolute Gasteiger partial charge is 0.496 e. The highest BCUT2D eigenvalue weighted by atomic mass is 16.5. The van der Waals surface area contributed by atoms with Crippen molar-refractivity contribution in [2.75, 3.05) is 14.2 Å². The number of hydrogen-bond donors (Lipinski definition) is 1. The summed E-state index contributed by atoms with van der Waals surface area (Å²) in [5, 5.41) is 0. The minimum atomic E-state index is -0.0141. The summed E-state index contributed by atoms with van der Waals surface area (Å²) in [5.41, 5.74) is 8.43.